The Morgan fingerprint density at radius 1 is 1.35 bits per heavy atom. The number of carbonyl (C=O) groups is 1. The molecule has 2 rings (SSSR count). The van der Waals surface area contributed by atoms with E-state index in [1.807, 2.05) is 24.3 Å². The van der Waals surface area contributed by atoms with Gasteiger partial charge >= 0.3 is 0 Å². The lowest BCUT2D eigenvalue weighted by molar-refractivity contribution is -0.120. The number of hydrogen-bond acceptors (Lipinski definition) is 2. The Morgan fingerprint density at radius 2 is 2.12 bits per heavy atom. The zero-order chi connectivity index (χ0) is 12.1. The molecule has 0 spiro atoms. The van der Waals surface area contributed by atoms with E-state index in [-0.39, 0.29) is 5.91 Å². The van der Waals surface area contributed by atoms with Gasteiger partial charge in [0.05, 0.1) is 6.42 Å². The van der Waals surface area contributed by atoms with Crippen molar-refractivity contribution in [3.05, 3.63) is 29.8 Å². The fraction of sp³-hybridized carbons (Fsp3) is 0.500. The van der Waals surface area contributed by atoms with Crippen molar-refractivity contribution in [2.24, 2.45) is 5.92 Å². The van der Waals surface area contributed by atoms with Crippen LogP contribution in [0, 0.1) is 5.92 Å². The maximum atomic E-state index is 11.7. The van der Waals surface area contributed by atoms with Crippen LogP contribution in [0.15, 0.2) is 24.3 Å². The van der Waals surface area contributed by atoms with Crippen molar-refractivity contribution in [2.75, 3.05) is 12.3 Å². The number of nitrogens with two attached hydrogens (primary N) is 1. The Kier molecular flexibility index (Phi) is 4.02. The average Bonchev–Trinajstić information content (AvgIpc) is 2.25. The predicted octanol–water partition coefficient (Wildman–Crippen LogP) is 2.12. The van der Waals surface area contributed by atoms with Crippen LogP contribution < -0.4 is 11.1 Å². The first kappa shape index (κ1) is 12.0. The van der Waals surface area contributed by atoms with Gasteiger partial charge in [0.2, 0.25) is 5.91 Å². The third kappa shape index (κ3) is 3.48. The number of benzene rings is 1. The number of nitrogens with one attached hydrogen (secondary N) is 1. The molecule has 3 nitrogen and oxygen atoms in total. The molecule has 0 aliphatic heterocycles. The predicted molar refractivity (Wildman–Crippen MR) is 69.5 cm³/mol. The first-order valence-corrected chi connectivity index (χ1v) is 6.36. The molecule has 3 N–H and O–H groups in total. The second kappa shape index (κ2) is 5.71. The van der Waals surface area contributed by atoms with Crippen molar-refractivity contribution in [2.45, 2.75) is 32.1 Å². The molecule has 1 amide bonds. The minimum Gasteiger partial charge on any atom is -0.398 e. The summed E-state index contributed by atoms with van der Waals surface area (Å²) >= 11 is 0. The molecule has 0 saturated heterocycles. The third-order valence-electron chi connectivity index (χ3n) is 3.51. The molecule has 1 aliphatic rings. The summed E-state index contributed by atoms with van der Waals surface area (Å²) in [5.74, 6) is 0.916. The van der Waals surface area contributed by atoms with Crippen molar-refractivity contribution in [1.82, 2.24) is 5.32 Å². The number of rotatable bonds is 5. The van der Waals surface area contributed by atoms with Gasteiger partial charge in [-0.3, -0.25) is 4.79 Å². The number of amides is 1. The normalized spacial score (nSPS) is 15.3. The summed E-state index contributed by atoms with van der Waals surface area (Å²) in [6.07, 6.45) is 5.54. The van der Waals surface area contributed by atoms with Gasteiger partial charge in [0, 0.05) is 12.2 Å². The second-order valence-corrected chi connectivity index (χ2v) is 4.81. The molecule has 1 aliphatic carbocycles. The van der Waals surface area contributed by atoms with Crippen molar-refractivity contribution in [3.63, 3.8) is 0 Å². The number of anilines is 1. The van der Waals surface area contributed by atoms with E-state index in [4.69, 9.17) is 5.73 Å². The summed E-state index contributed by atoms with van der Waals surface area (Å²) in [6, 6.07) is 7.53. The van der Waals surface area contributed by atoms with E-state index in [2.05, 4.69) is 5.32 Å². The highest BCUT2D eigenvalue weighted by molar-refractivity contribution is 5.80. The van der Waals surface area contributed by atoms with Crippen LogP contribution in [0.5, 0.6) is 0 Å². The highest BCUT2D eigenvalue weighted by atomic mass is 16.1. The first-order valence-electron chi connectivity index (χ1n) is 6.36. The van der Waals surface area contributed by atoms with Crippen molar-refractivity contribution in [3.8, 4) is 0 Å². The van der Waals surface area contributed by atoms with Crippen molar-refractivity contribution >= 4 is 11.6 Å². The molecule has 17 heavy (non-hydrogen) atoms. The lowest BCUT2D eigenvalue weighted by atomic mass is 9.83. The van der Waals surface area contributed by atoms with E-state index in [0.717, 1.165) is 24.4 Å². The fourth-order valence-electron chi connectivity index (χ4n) is 2.13. The molecule has 0 aromatic heterocycles. The molecule has 3 heteroatoms. The molecule has 1 aromatic carbocycles. The van der Waals surface area contributed by atoms with E-state index in [1.54, 1.807) is 0 Å². The molecule has 0 bridgehead atoms. The zero-order valence-electron chi connectivity index (χ0n) is 10.1. The summed E-state index contributed by atoms with van der Waals surface area (Å²) in [6.45, 7) is 0.802. The van der Waals surface area contributed by atoms with Crippen molar-refractivity contribution in [1.29, 1.82) is 0 Å². The van der Waals surface area contributed by atoms with Crippen LogP contribution in [0.3, 0.4) is 0 Å². The molecule has 0 heterocycles. The van der Waals surface area contributed by atoms with Gasteiger partial charge in [0.1, 0.15) is 0 Å². The second-order valence-electron chi connectivity index (χ2n) is 4.81. The van der Waals surface area contributed by atoms with E-state index in [9.17, 15) is 4.79 Å². The Bertz CT molecular complexity index is 386. The molecule has 0 radical (unpaired) electrons. The van der Waals surface area contributed by atoms with Crippen LogP contribution in [0.25, 0.3) is 0 Å². The summed E-state index contributed by atoms with van der Waals surface area (Å²) in [4.78, 5) is 11.7. The standard InChI is InChI=1S/C14H20N2O/c15-13-7-2-1-6-12(13)10-14(17)16-9-8-11-4-3-5-11/h1-2,6-7,11H,3-5,8-10,15H2,(H,16,17). The van der Waals surface area contributed by atoms with Crippen LogP contribution in [-0.4, -0.2) is 12.5 Å². The van der Waals surface area contributed by atoms with Gasteiger partial charge in [0.15, 0.2) is 0 Å². The number of nitrogen functional groups attached to an aromatic ring is 1. The Labute approximate surface area is 102 Å². The number of hydrogen-bond donors (Lipinski definition) is 2. The van der Waals surface area contributed by atoms with E-state index in [1.165, 1.54) is 19.3 Å². The Balaban J connectivity index is 1.71. The van der Waals surface area contributed by atoms with Gasteiger partial charge in [-0.1, -0.05) is 37.5 Å². The smallest absolute Gasteiger partial charge is 0.224 e. The Morgan fingerprint density at radius 3 is 2.76 bits per heavy atom. The number of para-hydroxylation sites is 1. The number of carbonyl (C=O) groups excluding carboxylic acids is 1. The summed E-state index contributed by atoms with van der Waals surface area (Å²) < 4.78 is 0. The SMILES string of the molecule is Nc1ccccc1CC(=O)NCCC1CCC1. The molecular weight excluding hydrogens is 212 g/mol. The quantitative estimate of drug-likeness (QED) is 0.764. The fourth-order valence-corrected chi connectivity index (χ4v) is 2.13. The lowest BCUT2D eigenvalue weighted by Crippen LogP contribution is -2.28. The maximum absolute atomic E-state index is 11.7. The first-order chi connectivity index (χ1) is 8.25. The Hall–Kier alpha value is -1.51. The highest BCUT2D eigenvalue weighted by Crippen LogP contribution is 2.28. The summed E-state index contributed by atoms with van der Waals surface area (Å²) in [5.41, 5.74) is 7.40. The van der Waals surface area contributed by atoms with Crippen LogP contribution in [0.4, 0.5) is 5.69 Å². The minimum atomic E-state index is 0.0715. The van der Waals surface area contributed by atoms with Crippen LogP contribution >= 0.6 is 0 Å². The van der Waals surface area contributed by atoms with Crippen LogP contribution in [-0.2, 0) is 11.2 Å². The highest BCUT2D eigenvalue weighted by Gasteiger charge is 2.16. The minimum absolute atomic E-state index is 0.0715. The van der Waals surface area contributed by atoms with E-state index < -0.39 is 0 Å². The van der Waals surface area contributed by atoms with E-state index >= 15 is 0 Å². The van der Waals surface area contributed by atoms with Gasteiger partial charge in [0.25, 0.3) is 0 Å². The molecular formula is C14H20N2O. The molecule has 92 valence electrons. The molecule has 0 unspecified atom stereocenters. The van der Waals surface area contributed by atoms with Crippen molar-refractivity contribution < 1.29 is 4.79 Å². The van der Waals surface area contributed by atoms with Crippen LogP contribution in [0.2, 0.25) is 0 Å². The molecule has 1 aromatic rings. The average molecular weight is 232 g/mol. The van der Waals surface area contributed by atoms with Gasteiger partial charge in [-0.25, -0.2) is 0 Å². The molecule has 1 saturated carbocycles. The van der Waals surface area contributed by atoms with Gasteiger partial charge < -0.3 is 11.1 Å². The third-order valence-corrected chi connectivity index (χ3v) is 3.51. The summed E-state index contributed by atoms with van der Waals surface area (Å²) in [5, 5.41) is 2.96. The monoisotopic (exact) mass is 232 g/mol. The van der Waals surface area contributed by atoms with Gasteiger partial charge in [-0.15, -0.1) is 0 Å². The van der Waals surface area contributed by atoms with Gasteiger partial charge in [-0.05, 0) is 24.0 Å². The summed E-state index contributed by atoms with van der Waals surface area (Å²) in [7, 11) is 0. The van der Waals surface area contributed by atoms with Crippen LogP contribution in [0.1, 0.15) is 31.2 Å². The molecule has 1 fully saturated rings. The lowest BCUT2D eigenvalue weighted by Gasteiger charge is -2.25. The molecule has 0 atom stereocenters. The maximum Gasteiger partial charge on any atom is 0.224 e. The topological polar surface area (TPSA) is 55.1 Å². The van der Waals surface area contributed by atoms with Gasteiger partial charge in [-0.2, -0.15) is 0 Å². The largest absolute Gasteiger partial charge is 0.398 e. The zero-order valence-corrected chi connectivity index (χ0v) is 10.1. The van der Waals surface area contributed by atoms with E-state index in [0.29, 0.717) is 12.1 Å².